The van der Waals surface area contributed by atoms with Crippen LogP contribution in [-0.4, -0.2) is 28.3 Å². The molecule has 1 aromatic carbocycles. The van der Waals surface area contributed by atoms with E-state index in [0.29, 0.717) is 37.0 Å². The van der Waals surface area contributed by atoms with E-state index in [9.17, 15) is 4.79 Å². The molecule has 2 bridgehead atoms. The number of benzene rings is 1. The molecule has 1 N–H and O–H groups in total. The molecule has 1 amide bonds. The third-order valence-corrected chi connectivity index (χ3v) is 10.0. The van der Waals surface area contributed by atoms with E-state index < -0.39 is 0 Å². The predicted octanol–water partition coefficient (Wildman–Crippen LogP) is 6.39. The van der Waals surface area contributed by atoms with Gasteiger partial charge in [-0.15, -0.1) is 0 Å². The first-order valence-corrected chi connectivity index (χ1v) is 14.7. The Balaban J connectivity index is 1.16. The summed E-state index contributed by atoms with van der Waals surface area (Å²) >= 11 is 3.63. The number of hydrogen-bond acceptors (Lipinski definition) is 3. The van der Waals surface area contributed by atoms with Gasteiger partial charge in [-0.1, -0.05) is 53.4 Å². The third-order valence-electron chi connectivity index (χ3n) is 9.26. The molecule has 3 saturated carbocycles. The summed E-state index contributed by atoms with van der Waals surface area (Å²) in [6, 6.07) is 8.95. The van der Waals surface area contributed by atoms with E-state index in [1.165, 1.54) is 81.0 Å². The Labute approximate surface area is 217 Å². The zero-order valence-electron chi connectivity index (χ0n) is 20.7. The Hall–Kier alpha value is -1.66. The van der Waals surface area contributed by atoms with Crippen LogP contribution in [-0.2, 0) is 24.2 Å². The Morgan fingerprint density at radius 3 is 2.69 bits per heavy atom. The summed E-state index contributed by atoms with van der Waals surface area (Å²) in [6.45, 7) is 1.32. The lowest BCUT2D eigenvalue weighted by Gasteiger charge is -2.31. The van der Waals surface area contributed by atoms with Crippen molar-refractivity contribution in [1.82, 2.24) is 15.1 Å². The molecule has 6 heteroatoms. The van der Waals surface area contributed by atoms with Crippen LogP contribution in [0.25, 0.3) is 0 Å². The van der Waals surface area contributed by atoms with E-state index in [0.717, 1.165) is 23.0 Å². The highest BCUT2D eigenvalue weighted by atomic mass is 79.9. The molecule has 4 atom stereocenters. The molecule has 188 valence electrons. The Bertz CT molecular complexity index is 1060. The normalized spacial score (nSPS) is 28.3. The highest BCUT2D eigenvalue weighted by Crippen LogP contribution is 2.49. The first kappa shape index (κ1) is 23.7. The number of ether oxygens (including phenoxy) is 1. The topological polar surface area (TPSA) is 56.1 Å². The van der Waals surface area contributed by atoms with Crippen molar-refractivity contribution in [3.63, 3.8) is 0 Å². The number of aromatic nitrogens is 2. The maximum atomic E-state index is 13.7. The summed E-state index contributed by atoms with van der Waals surface area (Å²) in [5.74, 6) is 1.71. The minimum atomic E-state index is 0.0612. The van der Waals surface area contributed by atoms with Gasteiger partial charge in [0.1, 0.15) is 0 Å². The Morgan fingerprint density at radius 2 is 1.83 bits per heavy atom. The van der Waals surface area contributed by atoms with Gasteiger partial charge in [-0.25, -0.2) is 0 Å². The molecule has 2 aromatic rings. The van der Waals surface area contributed by atoms with Crippen LogP contribution < -0.4 is 5.32 Å². The van der Waals surface area contributed by atoms with Crippen LogP contribution in [0.2, 0.25) is 0 Å². The van der Waals surface area contributed by atoms with Gasteiger partial charge in [0.05, 0.1) is 19.3 Å². The van der Waals surface area contributed by atoms with Crippen molar-refractivity contribution in [2.45, 2.75) is 95.7 Å². The Kier molecular flexibility index (Phi) is 7.03. The predicted molar refractivity (Wildman–Crippen MR) is 140 cm³/mol. The van der Waals surface area contributed by atoms with Crippen molar-refractivity contribution >= 4 is 21.8 Å². The van der Waals surface area contributed by atoms with Crippen molar-refractivity contribution < 1.29 is 9.53 Å². The largest absolute Gasteiger partial charge is 0.376 e. The van der Waals surface area contributed by atoms with Crippen LogP contribution in [0.3, 0.4) is 0 Å². The van der Waals surface area contributed by atoms with Gasteiger partial charge in [0, 0.05) is 27.7 Å². The molecule has 1 aromatic heterocycles. The van der Waals surface area contributed by atoms with E-state index >= 15 is 0 Å². The number of halogens is 1. The molecule has 0 radical (unpaired) electrons. The van der Waals surface area contributed by atoms with Gasteiger partial charge in [-0.05, 0) is 81.3 Å². The van der Waals surface area contributed by atoms with Crippen LogP contribution in [0.4, 0.5) is 0 Å². The summed E-state index contributed by atoms with van der Waals surface area (Å²) in [5.41, 5.74) is 4.50. The molecule has 35 heavy (non-hydrogen) atoms. The first-order chi connectivity index (χ1) is 17.2. The second-order valence-corrected chi connectivity index (χ2v) is 12.2. The van der Waals surface area contributed by atoms with Crippen molar-refractivity contribution in [3.8, 4) is 0 Å². The monoisotopic (exact) mass is 539 g/mol. The van der Waals surface area contributed by atoms with Crippen molar-refractivity contribution in [3.05, 3.63) is 51.3 Å². The van der Waals surface area contributed by atoms with Crippen molar-refractivity contribution in [1.29, 1.82) is 0 Å². The van der Waals surface area contributed by atoms with Crippen molar-refractivity contribution in [2.24, 2.45) is 17.8 Å². The zero-order valence-corrected chi connectivity index (χ0v) is 22.3. The lowest BCUT2D eigenvalue weighted by molar-refractivity contribution is 0.0507. The van der Waals surface area contributed by atoms with Crippen LogP contribution >= 0.6 is 15.9 Å². The molecular weight excluding hydrogens is 502 g/mol. The molecule has 0 saturated heterocycles. The molecule has 2 unspecified atom stereocenters. The van der Waals surface area contributed by atoms with Gasteiger partial charge >= 0.3 is 0 Å². The molecular formula is C29H38BrN3O2. The molecule has 4 aliphatic carbocycles. The summed E-state index contributed by atoms with van der Waals surface area (Å²) in [7, 11) is 0. The second kappa shape index (κ2) is 10.4. The van der Waals surface area contributed by atoms with E-state index in [4.69, 9.17) is 9.84 Å². The van der Waals surface area contributed by atoms with Gasteiger partial charge in [-0.3, -0.25) is 9.48 Å². The van der Waals surface area contributed by atoms with E-state index in [1.807, 2.05) is 6.07 Å². The average Bonchev–Trinajstić information content (AvgIpc) is 3.60. The minimum absolute atomic E-state index is 0.0612. The zero-order chi connectivity index (χ0) is 23.8. The highest BCUT2D eigenvalue weighted by molar-refractivity contribution is 9.10. The summed E-state index contributed by atoms with van der Waals surface area (Å²) in [6.07, 6.45) is 14.5. The van der Waals surface area contributed by atoms with Crippen LogP contribution in [0.15, 0.2) is 28.7 Å². The fourth-order valence-electron chi connectivity index (χ4n) is 7.45. The molecule has 4 aliphatic rings. The van der Waals surface area contributed by atoms with Gasteiger partial charge in [0.25, 0.3) is 5.91 Å². The number of rotatable bonds is 7. The molecule has 6 rings (SSSR count). The average molecular weight is 541 g/mol. The van der Waals surface area contributed by atoms with E-state index in [-0.39, 0.29) is 11.9 Å². The number of carbonyl (C=O) groups is 1. The van der Waals surface area contributed by atoms with Crippen molar-refractivity contribution in [2.75, 3.05) is 6.61 Å². The molecule has 3 fully saturated rings. The maximum absolute atomic E-state index is 13.7. The van der Waals surface area contributed by atoms with Gasteiger partial charge < -0.3 is 10.1 Å². The molecule has 0 aliphatic heterocycles. The fourth-order valence-corrected chi connectivity index (χ4v) is 7.85. The standard InChI is InChI=1S/C29H38BrN3O2/c30-25-12-6-4-8-21(25)17-35-18-24-19-14-15-20(16-19)27(24)31-29(34)28-23-11-5-7-13-26(23)33(32-28)22-9-2-1-3-10-22/h4,6,8,12,19-20,22,24,27H,1-3,5,7,9-11,13-18H2,(H,31,34)/t19?,20?,24-,27+/m0/s1. The minimum Gasteiger partial charge on any atom is -0.376 e. The lowest BCUT2D eigenvalue weighted by atomic mass is 9.84. The Morgan fingerprint density at radius 1 is 1.03 bits per heavy atom. The number of fused-ring (bicyclic) bond motifs is 3. The van der Waals surface area contributed by atoms with Gasteiger partial charge in [0.2, 0.25) is 0 Å². The lowest BCUT2D eigenvalue weighted by Crippen LogP contribution is -2.46. The molecule has 5 nitrogen and oxygen atoms in total. The van der Waals surface area contributed by atoms with E-state index in [1.54, 1.807) is 0 Å². The number of hydrogen-bond donors (Lipinski definition) is 1. The number of nitrogens with one attached hydrogen (secondary N) is 1. The highest BCUT2D eigenvalue weighted by Gasteiger charge is 2.48. The smallest absolute Gasteiger partial charge is 0.272 e. The third kappa shape index (κ3) is 4.73. The van der Waals surface area contributed by atoms with Crippen LogP contribution in [0.1, 0.15) is 97.6 Å². The van der Waals surface area contributed by atoms with E-state index in [2.05, 4.69) is 44.1 Å². The fraction of sp³-hybridized carbons (Fsp3) is 0.655. The summed E-state index contributed by atoms with van der Waals surface area (Å²) in [4.78, 5) is 13.7. The number of nitrogens with zero attached hydrogens (tertiary/aromatic N) is 2. The molecule has 0 spiro atoms. The van der Waals surface area contributed by atoms with Crippen LogP contribution in [0, 0.1) is 17.8 Å². The van der Waals surface area contributed by atoms with Crippen LogP contribution in [0.5, 0.6) is 0 Å². The quantitative estimate of drug-likeness (QED) is 0.443. The maximum Gasteiger partial charge on any atom is 0.272 e. The number of carbonyl (C=O) groups excluding carboxylic acids is 1. The van der Waals surface area contributed by atoms with Gasteiger partial charge in [-0.2, -0.15) is 5.10 Å². The first-order valence-electron chi connectivity index (χ1n) is 13.9. The summed E-state index contributed by atoms with van der Waals surface area (Å²) in [5, 5.41) is 8.52. The summed E-state index contributed by atoms with van der Waals surface area (Å²) < 4.78 is 9.60. The second-order valence-electron chi connectivity index (χ2n) is 11.3. The molecule has 1 heterocycles. The SMILES string of the molecule is O=C(N[C@@H]1C2CCC(C2)[C@@H]1COCc1ccccc1Br)c1nn(C2CCCCC2)c2c1CCCC2. The van der Waals surface area contributed by atoms with Gasteiger partial charge in [0.15, 0.2) is 5.69 Å². The number of amides is 1.